The zero-order valence-electron chi connectivity index (χ0n) is 9.39. The molecule has 17 heavy (non-hydrogen) atoms. The minimum atomic E-state index is -0.539. The van der Waals surface area contributed by atoms with E-state index in [4.69, 9.17) is 5.73 Å². The molecule has 0 aromatic carbocycles. The number of anilines is 1. The van der Waals surface area contributed by atoms with E-state index < -0.39 is 5.60 Å². The number of nitrogen functional groups attached to an aromatic ring is 1. The maximum absolute atomic E-state index is 9.79. The summed E-state index contributed by atoms with van der Waals surface area (Å²) in [6, 6.07) is 0. The topological polar surface area (TPSA) is 76.4 Å². The number of aliphatic hydroxyl groups is 1. The summed E-state index contributed by atoms with van der Waals surface area (Å²) < 4.78 is 2.84. The summed E-state index contributed by atoms with van der Waals surface area (Å²) in [4.78, 5) is 8.61. The molecule has 1 aliphatic rings. The Hall–Kier alpha value is -0.890. The minimum absolute atomic E-state index is 0.310. The number of halogens is 1. The lowest BCUT2D eigenvalue weighted by Gasteiger charge is -2.40. The highest BCUT2D eigenvalue weighted by atomic mass is 127. The van der Waals surface area contributed by atoms with E-state index in [0.717, 1.165) is 27.9 Å². The first-order valence-electron chi connectivity index (χ1n) is 5.48. The third-order valence-corrected chi connectivity index (χ3v) is 3.81. The quantitative estimate of drug-likeness (QED) is 0.770. The van der Waals surface area contributed by atoms with E-state index in [2.05, 4.69) is 32.6 Å². The Labute approximate surface area is 112 Å². The number of rotatable bonds is 1. The van der Waals surface area contributed by atoms with Gasteiger partial charge >= 0.3 is 0 Å². The van der Waals surface area contributed by atoms with E-state index in [0.29, 0.717) is 11.7 Å². The van der Waals surface area contributed by atoms with Crippen LogP contribution in [0, 0.1) is 3.70 Å². The molecule has 1 saturated carbocycles. The third kappa shape index (κ3) is 1.79. The van der Waals surface area contributed by atoms with Crippen molar-refractivity contribution < 1.29 is 5.11 Å². The van der Waals surface area contributed by atoms with Crippen LogP contribution in [-0.4, -0.2) is 25.1 Å². The van der Waals surface area contributed by atoms with Crippen molar-refractivity contribution in [2.45, 2.75) is 31.3 Å². The monoisotopic (exact) mass is 344 g/mol. The van der Waals surface area contributed by atoms with Crippen molar-refractivity contribution in [1.29, 1.82) is 0 Å². The van der Waals surface area contributed by atoms with Crippen molar-refractivity contribution in [2.24, 2.45) is 0 Å². The molecule has 1 aliphatic carbocycles. The van der Waals surface area contributed by atoms with Crippen LogP contribution in [0.3, 0.4) is 0 Å². The van der Waals surface area contributed by atoms with E-state index in [1.165, 1.54) is 0 Å². The van der Waals surface area contributed by atoms with Gasteiger partial charge in [-0.1, -0.05) is 0 Å². The van der Waals surface area contributed by atoms with Crippen LogP contribution in [0.4, 0.5) is 5.82 Å². The van der Waals surface area contributed by atoms with Crippen LogP contribution in [0.1, 0.15) is 31.5 Å². The molecule has 0 amide bonds. The fourth-order valence-corrected chi connectivity index (χ4v) is 3.03. The zero-order valence-corrected chi connectivity index (χ0v) is 11.5. The van der Waals surface area contributed by atoms with Crippen LogP contribution in [0.5, 0.6) is 0 Å². The Bertz CT molecular complexity index is 584. The van der Waals surface area contributed by atoms with Crippen LogP contribution in [0.2, 0.25) is 0 Å². The van der Waals surface area contributed by atoms with Crippen LogP contribution in [0.15, 0.2) is 12.4 Å². The van der Waals surface area contributed by atoms with E-state index in [9.17, 15) is 5.11 Å². The van der Waals surface area contributed by atoms with Crippen LogP contribution < -0.4 is 5.73 Å². The highest BCUT2D eigenvalue weighted by Crippen LogP contribution is 2.43. The van der Waals surface area contributed by atoms with E-state index >= 15 is 0 Å². The Balaban J connectivity index is 2.07. The molecule has 0 bridgehead atoms. The van der Waals surface area contributed by atoms with Gasteiger partial charge < -0.3 is 10.8 Å². The number of hydrogen-bond donors (Lipinski definition) is 2. The summed E-state index contributed by atoms with van der Waals surface area (Å²) in [5, 5.41) is 9.79. The first-order valence-corrected chi connectivity index (χ1v) is 6.55. The van der Waals surface area contributed by atoms with Crippen LogP contribution in [0.25, 0.3) is 5.52 Å². The predicted octanol–water partition coefficient (Wildman–Crippen LogP) is 1.54. The van der Waals surface area contributed by atoms with Gasteiger partial charge in [-0.15, -0.1) is 0 Å². The lowest BCUT2D eigenvalue weighted by Crippen LogP contribution is -2.40. The number of nitrogens with zero attached hydrogens (tertiary/aromatic N) is 3. The van der Waals surface area contributed by atoms with E-state index in [-0.39, 0.29) is 0 Å². The standard InChI is InChI=1S/C11H13IN4O/c1-11(17)2-6(3-11)10-14-4-7-9(13)15-8(12)5-16(7)10/h4-6,17H,2-3H2,1H3,(H2,13,15). The van der Waals surface area contributed by atoms with Crippen molar-refractivity contribution in [3.05, 3.63) is 21.9 Å². The normalized spacial score (nSPS) is 28.3. The Kier molecular flexibility index (Phi) is 2.34. The molecule has 2 heterocycles. The molecule has 6 heteroatoms. The average Bonchev–Trinajstić information content (AvgIpc) is 2.57. The number of aromatic nitrogens is 3. The summed E-state index contributed by atoms with van der Waals surface area (Å²) in [5.74, 6) is 1.78. The van der Waals surface area contributed by atoms with Crippen molar-refractivity contribution in [2.75, 3.05) is 5.73 Å². The van der Waals surface area contributed by atoms with Gasteiger partial charge in [0.25, 0.3) is 0 Å². The van der Waals surface area contributed by atoms with E-state index in [1.54, 1.807) is 6.20 Å². The molecule has 0 atom stereocenters. The van der Waals surface area contributed by atoms with Crippen LogP contribution >= 0.6 is 22.6 Å². The zero-order chi connectivity index (χ0) is 12.2. The number of imidazole rings is 1. The molecule has 0 saturated heterocycles. The van der Waals surface area contributed by atoms with Gasteiger partial charge in [-0.3, -0.25) is 4.40 Å². The SMILES string of the molecule is CC1(O)CC(c2ncc3c(N)nc(I)cn23)C1. The molecule has 2 aromatic rings. The number of hydrogen-bond acceptors (Lipinski definition) is 4. The number of nitrogens with two attached hydrogens (primary N) is 1. The first kappa shape index (κ1) is 11.2. The molecule has 0 unspecified atom stereocenters. The van der Waals surface area contributed by atoms with Gasteiger partial charge in [0.1, 0.15) is 15.0 Å². The second-order valence-electron chi connectivity index (χ2n) is 4.92. The predicted molar refractivity (Wildman–Crippen MR) is 72.7 cm³/mol. The second-order valence-corrected chi connectivity index (χ2v) is 6.03. The van der Waals surface area contributed by atoms with Crippen molar-refractivity contribution in [1.82, 2.24) is 14.4 Å². The molecule has 0 aliphatic heterocycles. The number of fused-ring (bicyclic) bond motifs is 1. The molecule has 0 spiro atoms. The fraction of sp³-hybridized carbons (Fsp3) is 0.455. The lowest BCUT2D eigenvalue weighted by atomic mass is 9.72. The lowest BCUT2D eigenvalue weighted by molar-refractivity contribution is -0.0335. The van der Waals surface area contributed by atoms with Gasteiger partial charge in [-0.25, -0.2) is 9.97 Å². The highest BCUT2D eigenvalue weighted by Gasteiger charge is 2.41. The summed E-state index contributed by atoms with van der Waals surface area (Å²) in [6.07, 6.45) is 5.19. The Morgan fingerprint density at radius 2 is 2.29 bits per heavy atom. The Morgan fingerprint density at radius 3 is 2.94 bits per heavy atom. The van der Waals surface area contributed by atoms with Crippen molar-refractivity contribution in [3.8, 4) is 0 Å². The van der Waals surface area contributed by atoms with Gasteiger partial charge in [-0.2, -0.15) is 0 Å². The van der Waals surface area contributed by atoms with Gasteiger partial charge in [0.15, 0.2) is 5.82 Å². The molecule has 5 nitrogen and oxygen atoms in total. The maximum Gasteiger partial charge on any atom is 0.150 e. The first-order chi connectivity index (χ1) is 7.96. The summed E-state index contributed by atoms with van der Waals surface area (Å²) in [7, 11) is 0. The summed E-state index contributed by atoms with van der Waals surface area (Å²) >= 11 is 2.14. The summed E-state index contributed by atoms with van der Waals surface area (Å²) in [5.41, 5.74) is 6.16. The van der Waals surface area contributed by atoms with Crippen LogP contribution in [-0.2, 0) is 0 Å². The summed E-state index contributed by atoms with van der Waals surface area (Å²) in [6.45, 7) is 1.86. The van der Waals surface area contributed by atoms with Gasteiger partial charge in [0, 0.05) is 12.1 Å². The molecule has 0 radical (unpaired) electrons. The maximum atomic E-state index is 9.79. The molecular formula is C11H13IN4O. The minimum Gasteiger partial charge on any atom is -0.390 e. The van der Waals surface area contributed by atoms with Gasteiger partial charge in [-0.05, 0) is 42.4 Å². The van der Waals surface area contributed by atoms with Crippen molar-refractivity contribution >= 4 is 33.9 Å². The van der Waals surface area contributed by atoms with Gasteiger partial charge in [0.2, 0.25) is 0 Å². The van der Waals surface area contributed by atoms with Gasteiger partial charge in [0.05, 0.1) is 11.8 Å². The third-order valence-electron chi connectivity index (χ3n) is 3.29. The highest BCUT2D eigenvalue weighted by molar-refractivity contribution is 14.1. The van der Waals surface area contributed by atoms with E-state index in [1.807, 2.05) is 17.5 Å². The Morgan fingerprint density at radius 1 is 1.59 bits per heavy atom. The largest absolute Gasteiger partial charge is 0.390 e. The fourth-order valence-electron chi connectivity index (χ4n) is 2.49. The average molecular weight is 344 g/mol. The smallest absolute Gasteiger partial charge is 0.150 e. The second kappa shape index (κ2) is 3.55. The molecule has 3 rings (SSSR count). The molecule has 2 aromatic heterocycles. The van der Waals surface area contributed by atoms with Crippen molar-refractivity contribution in [3.63, 3.8) is 0 Å². The molecular weight excluding hydrogens is 331 g/mol. The molecule has 1 fully saturated rings. The molecule has 3 N–H and O–H groups in total. The molecule has 90 valence electrons.